The van der Waals surface area contributed by atoms with Crippen LogP contribution < -0.4 is 10.6 Å². The molecule has 2 aliphatic rings. The lowest BCUT2D eigenvalue weighted by Gasteiger charge is -2.08. The summed E-state index contributed by atoms with van der Waals surface area (Å²) in [4.78, 5) is 13.9. The van der Waals surface area contributed by atoms with Gasteiger partial charge in [-0.25, -0.2) is 0 Å². The van der Waals surface area contributed by atoms with E-state index in [2.05, 4.69) is 15.6 Å². The Bertz CT molecular complexity index is 253. The van der Waals surface area contributed by atoms with Crippen LogP contribution in [0.5, 0.6) is 0 Å². The third kappa shape index (κ3) is 8.70. The molecule has 1 aromatic heterocycles. The summed E-state index contributed by atoms with van der Waals surface area (Å²) < 4.78 is 0. The first kappa shape index (κ1) is 14.6. The standard InChI is InChI=1S/C5H11N.C5H5N.C4H7NO/c2*1-2-4-6-5-3-1;6-4-2-1-3-5-4/h6H,1-5H2;1-5H;1-3H2,(H,5,6). The SMILES string of the molecule is C1CCNCC1.O=C1CCCN1.c1ccncc1. The van der Waals surface area contributed by atoms with Crippen molar-refractivity contribution in [3.8, 4) is 0 Å². The average molecular weight is 249 g/mol. The summed E-state index contributed by atoms with van der Waals surface area (Å²) in [6.45, 7) is 3.39. The van der Waals surface area contributed by atoms with Crippen molar-refractivity contribution in [3.05, 3.63) is 30.6 Å². The maximum atomic E-state index is 10.1. The van der Waals surface area contributed by atoms with Gasteiger partial charge in [-0.1, -0.05) is 12.5 Å². The number of nitrogens with one attached hydrogen (secondary N) is 2. The van der Waals surface area contributed by atoms with Gasteiger partial charge in [0.05, 0.1) is 0 Å². The zero-order valence-corrected chi connectivity index (χ0v) is 10.9. The molecule has 0 radical (unpaired) electrons. The Hall–Kier alpha value is -1.42. The van der Waals surface area contributed by atoms with Crippen LogP contribution >= 0.6 is 0 Å². The number of rotatable bonds is 0. The number of hydrogen-bond donors (Lipinski definition) is 2. The molecule has 3 heterocycles. The van der Waals surface area contributed by atoms with Crippen molar-refractivity contribution in [1.82, 2.24) is 15.6 Å². The van der Waals surface area contributed by atoms with Crippen molar-refractivity contribution >= 4 is 5.91 Å². The van der Waals surface area contributed by atoms with Crippen LogP contribution in [0, 0.1) is 0 Å². The number of aromatic nitrogens is 1. The third-order valence-corrected chi connectivity index (χ3v) is 2.68. The molecule has 2 saturated heterocycles. The fourth-order valence-electron chi connectivity index (χ4n) is 1.68. The van der Waals surface area contributed by atoms with Gasteiger partial charge in [0, 0.05) is 25.4 Å². The first-order valence-electron chi connectivity index (χ1n) is 6.72. The minimum Gasteiger partial charge on any atom is -0.356 e. The minimum absolute atomic E-state index is 0.204. The van der Waals surface area contributed by atoms with Crippen molar-refractivity contribution in [2.24, 2.45) is 0 Å². The van der Waals surface area contributed by atoms with Gasteiger partial charge in [-0.15, -0.1) is 0 Å². The van der Waals surface area contributed by atoms with Crippen LogP contribution in [-0.2, 0) is 4.79 Å². The summed E-state index contributed by atoms with van der Waals surface area (Å²) in [6, 6.07) is 5.72. The van der Waals surface area contributed by atoms with E-state index >= 15 is 0 Å². The molecule has 100 valence electrons. The molecule has 0 aliphatic carbocycles. The first-order chi connectivity index (χ1) is 8.89. The fraction of sp³-hybridized carbons (Fsp3) is 0.571. The van der Waals surface area contributed by atoms with E-state index in [0.29, 0.717) is 0 Å². The summed E-state index contributed by atoms with van der Waals surface area (Å²) >= 11 is 0. The van der Waals surface area contributed by atoms with Crippen LogP contribution in [0.3, 0.4) is 0 Å². The summed E-state index contributed by atoms with van der Waals surface area (Å²) in [6.07, 6.45) is 9.48. The third-order valence-electron chi connectivity index (χ3n) is 2.68. The Labute approximate surface area is 109 Å². The molecule has 18 heavy (non-hydrogen) atoms. The molecule has 2 aliphatic heterocycles. The lowest BCUT2D eigenvalue weighted by Crippen LogP contribution is -2.21. The highest BCUT2D eigenvalue weighted by Crippen LogP contribution is 1.96. The van der Waals surface area contributed by atoms with Crippen LogP contribution in [-0.4, -0.2) is 30.5 Å². The van der Waals surface area contributed by atoms with Gasteiger partial charge >= 0.3 is 0 Å². The minimum atomic E-state index is 0.204. The molecule has 4 nitrogen and oxygen atoms in total. The second-order valence-electron chi connectivity index (χ2n) is 4.29. The van der Waals surface area contributed by atoms with Crippen molar-refractivity contribution < 1.29 is 4.79 Å². The van der Waals surface area contributed by atoms with Gasteiger partial charge in [0.15, 0.2) is 0 Å². The fourth-order valence-corrected chi connectivity index (χ4v) is 1.68. The van der Waals surface area contributed by atoms with Crippen molar-refractivity contribution in [1.29, 1.82) is 0 Å². The Balaban J connectivity index is 0.000000135. The normalized spacial score (nSPS) is 17.7. The Morgan fingerprint density at radius 2 is 1.61 bits per heavy atom. The number of nitrogens with zero attached hydrogens (tertiary/aromatic N) is 1. The summed E-state index contributed by atoms with van der Waals surface area (Å²) in [7, 11) is 0. The molecule has 4 heteroatoms. The lowest BCUT2D eigenvalue weighted by atomic mass is 10.2. The van der Waals surface area contributed by atoms with E-state index in [1.165, 1.54) is 32.4 Å². The van der Waals surface area contributed by atoms with Gasteiger partial charge in [-0.05, 0) is 44.5 Å². The van der Waals surface area contributed by atoms with Crippen LogP contribution in [0.4, 0.5) is 0 Å². The van der Waals surface area contributed by atoms with Gasteiger partial charge < -0.3 is 10.6 Å². The first-order valence-corrected chi connectivity index (χ1v) is 6.72. The van der Waals surface area contributed by atoms with E-state index in [4.69, 9.17) is 0 Å². The van der Waals surface area contributed by atoms with E-state index in [1.54, 1.807) is 12.4 Å². The Morgan fingerprint density at radius 1 is 0.889 bits per heavy atom. The zero-order chi connectivity index (χ0) is 12.9. The maximum Gasteiger partial charge on any atom is 0.220 e. The number of piperidine rings is 1. The molecule has 1 amide bonds. The molecular formula is C14H23N3O. The second-order valence-corrected chi connectivity index (χ2v) is 4.29. The summed E-state index contributed by atoms with van der Waals surface area (Å²) in [5.74, 6) is 0.204. The number of hydrogen-bond acceptors (Lipinski definition) is 3. The van der Waals surface area contributed by atoms with Crippen molar-refractivity contribution in [2.45, 2.75) is 32.1 Å². The molecule has 0 spiro atoms. The molecule has 1 aromatic rings. The molecule has 0 saturated carbocycles. The number of amides is 1. The summed E-state index contributed by atoms with van der Waals surface area (Å²) in [5.41, 5.74) is 0. The van der Waals surface area contributed by atoms with Gasteiger partial charge in [0.1, 0.15) is 0 Å². The highest BCUT2D eigenvalue weighted by atomic mass is 16.1. The Morgan fingerprint density at radius 3 is 1.78 bits per heavy atom. The number of carbonyl (C=O) groups excluding carboxylic acids is 1. The molecule has 0 aromatic carbocycles. The van der Waals surface area contributed by atoms with Gasteiger partial charge in [-0.3, -0.25) is 9.78 Å². The molecule has 3 rings (SSSR count). The van der Waals surface area contributed by atoms with Gasteiger partial charge in [-0.2, -0.15) is 0 Å². The van der Waals surface area contributed by atoms with Crippen molar-refractivity contribution in [3.63, 3.8) is 0 Å². The molecule has 2 N–H and O–H groups in total. The predicted octanol–water partition coefficient (Wildman–Crippen LogP) is 1.74. The highest BCUT2D eigenvalue weighted by molar-refractivity contribution is 5.77. The van der Waals surface area contributed by atoms with E-state index in [-0.39, 0.29) is 5.91 Å². The molecule has 2 fully saturated rings. The van der Waals surface area contributed by atoms with E-state index in [1.807, 2.05) is 18.2 Å². The predicted molar refractivity (Wildman–Crippen MR) is 73.2 cm³/mol. The average Bonchev–Trinajstić information content (AvgIpc) is 2.95. The molecular weight excluding hydrogens is 226 g/mol. The van der Waals surface area contributed by atoms with Crippen LogP contribution in [0.2, 0.25) is 0 Å². The van der Waals surface area contributed by atoms with E-state index < -0.39 is 0 Å². The summed E-state index contributed by atoms with van der Waals surface area (Å²) in [5, 5.41) is 5.97. The topological polar surface area (TPSA) is 54.0 Å². The Kier molecular flexibility index (Phi) is 8.72. The highest BCUT2D eigenvalue weighted by Gasteiger charge is 2.05. The zero-order valence-electron chi connectivity index (χ0n) is 10.9. The lowest BCUT2D eigenvalue weighted by molar-refractivity contribution is -0.119. The largest absolute Gasteiger partial charge is 0.356 e. The maximum absolute atomic E-state index is 10.1. The number of pyridine rings is 1. The monoisotopic (exact) mass is 249 g/mol. The number of carbonyl (C=O) groups is 1. The smallest absolute Gasteiger partial charge is 0.220 e. The molecule has 0 bridgehead atoms. The van der Waals surface area contributed by atoms with Crippen LogP contribution in [0.1, 0.15) is 32.1 Å². The van der Waals surface area contributed by atoms with Gasteiger partial charge in [0.2, 0.25) is 5.91 Å². The van der Waals surface area contributed by atoms with E-state index in [0.717, 1.165) is 19.4 Å². The molecule has 0 unspecified atom stereocenters. The van der Waals surface area contributed by atoms with Crippen molar-refractivity contribution in [2.75, 3.05) is 19.6 Å². The van der Waals surface area contributed by atoms with Gasteiger partial charge in [0.25, 0.3) is 0 Å². The van der Waals surface area contributed by atoms with Crippen LogP contribution in [0.15, 0.2) is 30.6 Å². The quantitative estimate of drug-likeness (QED) is 0.736. The van der Waals surface area contributed by atoms with Crippen LogP contribution in [0.25, 0.3) is 0 Å². The molecule has 0 atom stereocenters. The second kappa shape index (κ2) is 10.7. The van der Waals surface area contributed by atoms with E-state index in [9.17, 15) is 4.79 Å².